The first-order valence-electron chi connectivity index (χ1n) is 8.15. The molecule has 1 aliphatic rings. The summed E-state index contributed by atoms with van der Waals surface area (Å²) in [7, 11) is 0. The van der Waals surface area contributed by atoms with Crippen LogP contribution in [-0.2, 0) is 22.6 Å². The molecule has 2 aromatic carbocycles. The van der Waals surface area contributed by atoms with Crippen molar-refractivity contribution < 1.29 is 9.59 Å². The van der Waals surface area contributed by atoms with Gasteiger partial charge in [0.1, 0.15) is 5.78 Å². The van der Waals surface area contributed by atoms with Gasteiger partial charge in [-0.2, -0.15) is 0 Å². The molecule has 0 saturated heterocycles. The van der Waals surface area contributed by atoms with Crippen molar-refractivity contribution in [3.63, 3.8) is 0 Å². The number of rotatable bonds is 6. The van der Waals surface area contributed by atoms with Gasteiger partial charge in [0, 0.05) is 24.5 Å². The number of benzene rings is 2. The maximum atomic E-state index is 13.0. The third-order valence-electron chi connectivity index (χ3n) is 4.50. The van der Waals surface area contributed by atoms with Crippen molar-refractivity contribution in [2.24, 2.45) is 0 Å². The fourth-order valence-electron chi connectivity index (χ4n) is 3.10. The Hall–Kier alpha value is -2.13. The van der Waals surface area contributed by atoms with E-state index in [4.69, 9.17) is 11.6 Å². The molecule has 0 heterocycles. The van der Waals surface area contributed by atoms with Crippen LogP contribution >= 0.6 is 11.6 Å². The second kappa shape index (κ2) is 7.18. The third-order valence-corrected chi connectivity index (χ3v) is 4.85. The van der Waals surface area contributed by atoms with Crippen LogP contribution < -0.4 is 0 Å². The van der Waals surface area contributed by atoms with Crippen LogP contribution in [0.3, 0.4) is 0 Å². The minimum atomic E-state index is -0.144. The number of hydrogen-bond donors (Lipinski definition) is 0. The maximum Gasteiger partial charge on any atom is 0.230 e. The van der Waals surface area contributed by atoms with Gasteiger partial charge in [-0.05, 0) is 36.1 Å². The molecule has 1 amide bonds. The van der Waals surface area contributed by atoms with Crippen molar-refractivity contribution in [1.29, 1.82) is 0 Å². The van der Waals surface area contributed by atoms with Crippen molar-refractivity contribution in [3.05, 3.63) is 70.2 Å². The molecule has 3 rings (SSSR count). The molecule has 0 bridgehead atoms. The first-order chi connectivity index (χ1) is 11.6. The highest BCUT2D eigenvalue weighted by atomic mass is 35.5. The molecule has 0 aliphatic heterocycles. The zero-order chi connectivity index (χ0) is 17.1. The minimum Gasteiger partial charge on any atom is -0.337 e. The normalized spacial score (nSPS) is 15.3. The lowest BCUT2D eigenvalue weighted by Gasteiger charge is -2.34. The summed E-state index contributed by atoms with van der Waals surface area (Å²) in [6.45, 7) is 2.54. The number of nitrogens with zero attached hydrogens (tertiary/aromatic N) is 1. The van der Waals surface area contributed by atoms with E-state index in [9.17, 15) is 9.59 Å². The van der Waals surface area contributed by atoms with Crippen LogP contribution in [0, 0.1) is 0 Å². The molecule has 1 aliphatic carbocycles. The van der Waals surface area contributed by atoms with Crippen molar-refractivity contribution in [2.45, 2.75) is 32.2 Å². The molecule has 3 nitrogen and oxygen atoms in total. The number of amides is 1. The number of carbonyl (C=O) groups excluding carboxylic acids is 2. The molecule has 24 heavy (non-hydrogen) atoms. The number of carbonyl (C=O) groups is 2. The molecule has 1 atom stereocenters. The zero-order valence-corrected chi connectivity index (χ0v) is 14.4. The molecule has 4 heteroatoms. The number of Topliss-reactive ketones (excluding diaryl/α,β-unsaturated/α-hetero) is 1. The Labute approximate surface area is 147 Å². The van der Waals surface area contributed by atoms with E-state index in [1.54, 1.807) is 11.8 Å². The van der Waals surface area contributed by atoms with E-state index in [1.165, 1.54) is 0 Å². The van der Waals surface area contributed by atoms with Crippen LogP contribution in [0.15, 0.2) is 48.5 Å². The topological polar surface area (TPSA) is 37.4 Å². The molecule has 2 aromatic rings. The predicted octanol–water partition coefficient (Wildman–Crippen LogP) is 3.99. The third kappa shape index (κ3) is 3.51. The average molecular weight is 342 g/mol. The summed E-state index contributed by atoms with van der Waals surface area (Å²) in [5.74, 6) is 0.0298. The fraction of sp³-hybridized carbons (Fsp3) is 0.300. The van der Waals surface area contributed by atoms with Gasteiger partial charge in [-0.15, -0.1) is 0 Å². The lowest BCUT2D eigenvalue weighted by molar-refractivity contribution is -0.134. The zero-order valence-electron chi connectivity index (χ0n) is 13.7. The van der Waals surface area contributed by atoms with Crippen LogP contribution in [0.25, 0.3) is 0 Å². The SMILES string of the molecule is CC(=O)CCN(Cc1ccccc1)C(=O)C1Cc2c(Cl)cccc21. The van der Waals surface area contributed by atoms with Crippen LogP contribution in [-0.4, -0.2) is 23.1 Å². The molecule has 0 spiro atoms. The second-order valence-corrected chi connectivity index (χ2v) is 6.67. The number of ketones is 1. The average Bonchev–Trinajstić information content (AvgIpc) is 2.54. The smallest absolute Gasteiger partial charge is 0.230 e. The Morgan fingerprint density at radius 2 is 1.88 bits per heavy atom. The molecule has 0 radical (unpaired) electrons. The van der Waals surface area contributed by atoms with Crippen LogP contribution in [0.1, 0.15) is 36.0 Å². The van der Waals surface area contributed by atoms with Gasteiger partial charge in [0.25, 0.3) is 0 Å². The molecule has 0 N–H and O–H groups in total. The maximum absolute atomic E-state index is 13.0. The lowest BCUT2D eigenvalue weighted by Crippen LogP contribution is -2.40. The minimum absolute atomic E-state index is 0.0786. The lowest BCUT2D eigenvalue weighted by atomic mass is 9.76. The van der Waals surface area contributed by atoms with E-state index in [-0.39, 0.29) is 17.6 Å². The van der Waals surface area contributed by atoms with Crippen molar-refractivity contribution in [1.82, 2.24) is 4.90 Å². The van der Waals surface area contributed by atoms with Gasteiger partial charge in [-0.3, -0.25) is 9.59 Å². The van der Waals surface area contributed by atoms with E-state index in [0.717, 1.165) is 21.7 Å². The largest absolute Gasteiger partial charge is 0.337 e. The summed E-state index contributed by atoms with van der Waals surface area (Å²) >= 11 is 6.18. The highest BCUT2D eigenvalue weighted by Crippen LogP contribution is 2.40. The Kier molecular flexibility index (Phi) is 5.00. The standard InChI is InChI=1S/C20H20ClNO2/c1-14(23)10-11-22(13-15-6-3-2-4-7-15)20(24)18-12-17-16(18)8-5-9-19(17)21/h2-9,18H,10-13H2,1H3. The van der Waals surface area contributed by atoms with Crippen molar-refractivity contribution in [2.75, 3.05) is 6.54 Å². The molecule has 0 fully saturated rings. The molecule has 1 unspecified atom stereocenters. The van der Waals surface area contributed by atoms with E-state index >= 15 is 0 Å². The summed E-state index contributed by atoms with van der Waals surface area (Å²) in [4.78, 5) is 26.1. The molecular formula is C20H20ClNO2. The van der Waals surface area contributed by atoms with Crippen LogP contribution in [0.4, 0.5) is 0 Å². The Morgan fingerprint density at radius 1 is 1.12 bits per heavy atom. The molecule has 124 valence electrons. The number of halogens is 1. The van der Waals surface area contributed by atoms with Crippen molar-refractivity contribution >= 4 is 23.3 Å². The molecular weight excluding hydrogens is 322 g/mol. The molecule has 0 saturated carbocycles. The van der Waals surface area contributed by atoms with Gasteiger partial charge in [-0.25, -0.2) is 0 Å². The Morgan fingerprint density at radius 3 is 2.58 bits per heavy atom. The predicted molar refractivity (Wildman–Crippen MR) is 95.1 cm³/mol. The fourth-order valence-corrected chi connectivity index (χ4v) is 3.36. The van der Waals surface area contributed by atoms with E-state index < -0.39 is 0 Å². The number of fused-ring (bicyclic) bond motifs is 1. The highest BCUT2D eigenvalue weighted by Gasteiger charge is 2.36. The first-order valence-corrected chi connectivity index (χ1v) is 8.53. The summed E-state index contributed by atoms with van der Waals surface area (Å²) in [5.41, 5.74) is 3.16. The summed E-state index contributed by atoms with van der Waals surface area (Å²) in [6.07, 6.45) is 1.06. The highest BCUT2D eigenvalue weighted by molar-refractivity contribution is 6.31. The van der Waals surface area contributed by atoms with Gasteiger partial charge in [0.05, 0.1) is 5.92 Å². The summed E-state index contributed by atoms with van der Waals surface area (Å²) in [5, 5.41) is 0.731. The van der Waals surface area contributed by atoms with E-state index in [1.807, 2.05) is 48.5 Å². The van der Waals surface area contributed by atoms with Gasteiger partial charge < -0.3 is 4.90 Å². The van der Waals surface area contributed by atoms with Gasteiger partial charge >= 0.3 is 0 Å². The van der Waals surface area contributed by atoms with Gasteiger partial charge in [-0.1, -0.05) is 54.1 Å². The Balaban J connectivity index is 1.77. The Bertz CT molecular complexity index is 757. The molecule has 0 aromatic heterocycles. The van der Waals surface area contributed by atoms with Crippen molar-refractivity contribution in [3.8, 4) is 0 Å². The van der Waals surface area contributed by atoms with Crippen LogP contribution in [0.5, 0.6) is 0 Å². The number of hydrogen-bond acceptors (Lipinski definition) is 2. The summed E-state index contributed by atoms with van der Waals surface area (Å²) < 4.78 is 0. The van der Waals surface area contributed by atoms with E-state index in [0.29, 0.717) is 25.9 Å². The second-order valence-electron chi connectivity index (χ2n) is 6.26. The first kappa shape index (κ1) is 16.7. The monoisotopic (exact) mass is 341 g/mol. The van der Waals surface area contributed by atoms with Gasteiger partial charge in [0.15, 0.2) is 0 Å². The van der Waals surface area contributed by atoms with E-state index in [2.05, 4.69) is 0 Å². The van der Waals surface area contributed by atoms with Crippen LogP contribution in [0.2, 0.25) is 5.02 Å². The van der Waals surface area contributed by atoms with Gasteiger partial charge in [0.2, 0.25) is 5.91 Å². The summed E-state index contributed by atoms with van der Waals surface area (Å²) in [6, 6.07) is 15.6. The quantitative estimate of drug-likeness (QED) is 0.796.